The predicted molar refractivity (Wildman–Crippen MR) is 115 cm³/mol. The van der Waals surface area contributed by atoms with Crippen molar-refractivity contribution in [3.8, 4) is 6.07 Å². The molecule has 0 saturated carbocycles. The average molecular weight is 492 g/mol. The Kier molecular flexibility index (Phi) is 6.17. The highest BCUT2D eigenvalue weighted by Gasteiger charge is 2.49. The number of nitrogens with two attached hydrogens (primary N) is 1. The molecule has 1 unspecified atom stereocenters. The predicted octanol–water partition coefficient (Wildman–Crippen LogP) is 3.84. The van der Waals surface area contributed by atoms with E-state index in [0.717, 1.165) is 30.3 Å². The van der Waals surface area contributed by atoms with Crippen LogP contribution >= 0.6 is 0 Å². The molecule has 0 bridgehead atoms. The summed E-state index contributed by atoms with van der Waals surface area (Å²) in [5, 5.41) is 9.00. The Bertz CT molecular complexity index is 1220. The first-order chi connectivity index (χ1) is 16.4. The average Bonchev–Trinajstić information content (AvgIpc) is 3.19. The van der Waals surface area contributed by atoms with Crippen molar-refractivity contribution < 1.29 is 31.5 Å². The van der Waals surface area contributed by atoms with E-state index in [1.54, 1.807) is 11.0 Å². The highest BCUT2D eigenvalue weighted by molar-refractivity contribution is 5.97. The van der Waals surface area contributed by atoms with Crippen molar-refractivity contribution in [2.45, 2.75) is 31.5 Å². The fourth-order valence-electron chi connectivity index (χ4n) is 4.98. The summed E-state index contributed by atoms with van der Waals surface area (Å²) in [5.41, 5.74) is 3.80. The van der Waals surface area contributed by atoms with Crippen LogP contribution in [0.2, 0.25) is 0 Å². The molecule has 0 radical (unpaired) electrons. The number of alkyl halides is 3. The third-order valence-corrected chi connectivity index (χ3v) is 6.88. The second-order valence-electron chi connectivity index (χ2n) is 9.01. The zero-order valence-corrected chi connectivity index (χ0v) is 18.4. The van der Waals surface area contributed by atoms with Crippen LogP contribution in [0.15, 0.2) is 36.4 Å². The highest BCUT2D eigenvalue weighted by Crippen LogP contribution is 2.45. The van der Waals surface area contributed by atoms with E-state index >= 15 is 0 Å². The summed E-state index contributed by atoms with van der Waals surface area (Å²) in [4.78, 5) is 28.2. The molecule has 0 aromatic heterocycles. The molecule has 6 nitrogen and oxygen atoms in total. The molecule has 11 heteroatoms. The number of rotatable bonds is 3. The molecule has 4 rings (SSSR count). The molecule has 0 aliphatic carbocycles. The Labute approximate surface area is 197 Å². The van der Waals surface area contributed by atoms with E-state index in [-0.39, 0.29) is 18.5 Å². The van der Waals surface area contributed by atoms with E-state index in [2.05, 4.69) is 0 Å². The Morgan fingerprint density at radius 1 is 1.06 bits per heavy atom. The monoisotopic (exact) mass is 492 g/mol. The number of amides is 2. The maximum atomic E-state index is 13.7. The van der Waals surface area contributed by atoms with Gasteiger partial charge in [0.25, 0.3) is 5.91 Å². The lowest BCUT2D eigenvalue weighted by atomic mass is 9.76. The molecule has 2 aliphatic rings. The van der Waals surface area contributed by atoms with E-state index in [1.165, 1.54) is 11.0 Å². The van der Waals surface area contributed by atoms with Gasteiger partial charge in [-0.2, -0.15) is 18.4 Å². The lowest BCUT2D eigenvalue weighted by molar-refractivity contribution is -0.137. The number of carbonyl (C=O) groups is 2. The normalized spacial score (nSPS) is 19.6. The van der Waals surface area contributed by atoms with Crippen molar-refractivity contribution >= 4 is 17.5 Å². The number of carbonyl (C=O) groups excluding carboxylic acids is 2. The number of hydrogen-bond acceptors (Lipinski definition) is 4. The molecule has 2 fully saturated rings. The Morgan fingerprint density at radius 2 is 1.74 bits per heavy atom. The molecular weight excluding hydrogens is 471 g/mol. The fraction of sp³-hybridized carbons (Fsp3) is 0.375. The summed E-state index contributed by atoms with van der Waals surface area (Å²) >= 11 is 0. The van der Waals surface area contributed by atoms with Gasteiger partial charge in [-0.15, -0.1) is 0 Å². The van der Waals surface area contributed by atoms with Crippen LogP contribution in [0.4, 0.5) is 27.6 Å². The summed E-state index contributed by atoms with van der Waals surface area (Å²) < 4.78 is 67.0. The van der Waals surface area contributed by atoms with Crippen molar-refractivity contribution in [1.29, 1.82) is 5.26 Å². The van der Waals surface area contributed by atoms with Gasteiger partial charge < -0.3 is 15.5 Å². The van der Waals surface area contributed by atoms with Crippen LogP contribution in [0.3, 0.4) is 0 Å². The quantitative estimate of drug-likeness (QED) is 0.660. The maximum Gasteiger partial charge on any atom is 0.417 e. The lowest BCUT2D eigenvalue weighted by Crippen LogP contribution is -2.44. The van der Waals surface area contributed by atoms with Gasteiger partial charge in [0.15, 0.2) is 11.6 Å². The van der Waals surface area contributed by atoms with Crippen LogP contribution in [0.5, 0.6) is 0 Å². The summed E-state index contributed by atoms with van der Waals surface area (Å²) in [7, 11) is 0. The Morgan fingerprint density at radius 3 is 2.31 bits per heavy atom. The maximum absolute atomic E-state index is 13.7. The minimum atomic E-state index is -4.67. The molecule has 2 saturated heterocycles. The van der Waals surface area contributed by atoms with Crippen molar-refractivity contribution in [2.24, 2.45) is 11.1 Å². The first-order valence-electron chi connectivity index (χ1n) is 10.9. The summed E-state index contributed by atoms with van der Waals surface area (Å²) in [5.74, 6) is -3.65. The van der Waals surface area contributed by atoms with Crippen LogP contribution in [-0.2, 0) is 11.0 Å². The zero-order valence-electron chi connectivity index (χ0n) is 18.4. The fourth-order valence-corrected chi connectivity index (χ4v) is 4.98. The van der Waals surface area contributed by atoms with Gasteiger partial charge in [0.2, 0.25) is 5.91 Å². The van der Waals surface area contributed by atoms with Gasteiger partial charge in [0.1, 0.15) is 6.04 Å². The van der Waals surface area contributed by atoms with Crippen LogP contribution in [0.25, 0.3) is 0 Å². The Hall–Kier alpha value is -3.68. The number of piperidine rings is 1. The molecule has 1 atom stereocenters. The lowest BCUT2D eigenvalue weighted by Gasteiger charge is -2.40. The minimum Gasteiger partial charge on any atom is -0.371 e. The number of likely N-dealkylation sites (tertiary alicyclic amines) is 1. The number of anilines is 1. The van der Waals surface area contributed by atoms with E-state index < -0.39 is 52.2 Å². The van der Waals surface area contributed by atoms with E-state index in [0.29, 0.717) is 31.6 Å². The smallest absolute Gasteiger partial charge is 0.371 e. The number of primary amides is 1. The van der Waals surface area contributed by atoms with Crippen molar-refractivity contribution in [3.05, 3.63) is 64.7 Å². The second kappa shape index (κ2) is 8.83. The van der Waals surface area contributed by atoms with Crippen molar-refractivity contribution in [2.75, 3.05) is 24.5 Å². The molecule has 184 valence electrons. The number of nitrogens with zero attached hydrogens (tertiary/aromatic N) is 3. The van der Waals surface area contributed by atoms with E-state index in [9.17, 15) is 31.5 Å². The summed E-state index contributed by atoms with van der Waals surface area (Å²) in [6.07, 6.45) is -3.45. The second-order valence-corrected chi connectivity index (χ2v) is 9.01. The van der Waals surface area contributed by atoms with E-state index in [1.807, 2.05) is 0 Å². The standard InChI is InChI=1S/C24H21F5N4O2/c25-18-4-2-14(9-19(18)26)22(35)33-13-23(11-20(33)21(31)34)5-7-32(8-6-23)16-3-1-15(12-30)17(10-16)24(27,28)29/h1-4,9-10,20H,5-8,11,13H2,(H2,31,34). The number of hydrogen-bond donors (Lipinski definition) is 1. The van der Waals surface area contributed by atoms with E-state index in [4.69, 9.17) is 11.0 Å². The summed E-state index contributed by atoms with van der Waals surface area (Å²) in [6.45, 7) is 0.886. The zero-order chi connectivity index (χ0) is 25.5. The van der Waals surface area contributed by atoms with Gasteiger partial charge >= 0.3 is 6.18 Å². The van der Waals surface area contributed by atoms with Gasteiger partial charge in [-0.1, -0.05) is 0 Å². The molecule has 2 aromatic carbocycles. The number of nitriles is 1. The number of benzene rings is 2. The molecule has 2 aliphatic heterocycles. The third kappa shape index (κ3) is 4.65. The van der Waals surface area contributed by atoms with Crippen molar-refractivity contribution in [3.63, 3.8) is 0 Å². The topological polar surface area (TPSA) is 90.4 Å². The number of halogens is 5. The van der Waals surface area contributed by atoms with Crippen molar-refractivity contribution in [1.82, 2.24) is 4.90 Å². The largest absolute Gasteiger partial charge is 0.417 e. The first kappa shape index (κ1) is 24.4. The van der Waals surface area contributed by atoms with Crippen LogP contribution in [0.1, 0.15) is 40.7 Å². The minimum absolute atomic E-state index is 0.109. The molecule has 2 amide bonds. The van der Waals surface area contributed by atoms with Gasteiger partial charge in [-0.3, -0.25) is 9.59 Å². The van der Waals surface area contributed by atoms with Crippen LogP contribution in [-0.4, -0.2) is 42.4 Å². The van der Waals surface area contributed by atoms with Crippen LogP contribution < -0.4 is 10.6 Å². The molecule has 2 N–H and O–H groups in total. The van der Waals surface area contributed by atoms with Crippen LogP contribution in [0, 0.1) is 28.4 Å². The van der Waals surface area contributed by atoms with Gasteiger partial charge in [0, 0.05) is 30.9 Å². The molecule has 2 aromatic rings. The third-order valence-electron chi connectivity index (χ3n) is 6.88. The Balaban J connectivity index is 1.53. The van der Waals surface area contributed by atoms with Gasteiger partial charge in [-0.25, -0.2) is 8.78 Å². The highest BCUT2D eigenvalue weighted by atomic mass is 19.4. The van der Waals surface area contributed by atoms with Gasteiger partial charge in [0.05, 0.1) is 17.2 Å². The first-order valence-corrected chi connectivity index (χ1v) is 10.9. The summed E-state index contributed by atoms with van der Waals surface area (Å²) in [6, 6.07) is 6.92. The van der Waals surface area contributed by atoms with Gasteiger partial charge in [-0.05, 0) is 61.1 Å². The SMILES string of the molecule is N#Cc1ccc(N2CCC3(CC2)CC(C(N)=O)N(C(=O)c2ccc(F)c(F)c2)C3)cc1C(F)(F)F. The molecule has 1 spiro atoms. The molecule has 2 heterocycles. The molecule has 35 heavy (non-hydrogen) atoms. The molecular formula is C24H21F5N4O2.